The normalized spacial score (nSPS) is 21.0. The van der Waals surface area contributed by atoms with Gasteiger partial charge in [-0.2, -0.15) is 17.6 Å². The summed E-state index contributed by atoms with van der Waals surface area (Å²) in [6.07, 6.45) is -7.85. The van der Waals surface area contributed by atoms with Gasteiger partial charge in [-0.3, -0.25) is 0 Å². The molecule has 0 aromatic carbocycles. The number of alkyl halides is 3. The van der Waals surface area contributed by atoms with Crippen LogP contribution >= 0.6 is 12.2 Å². The predicted octanol–water partition coefficient (Wildman–Crippen LogP) is 2.04. The summed E-state index contributed by atoms with van der Waals surface area (Å²) >= 11 is 5.00. The van der Waals surface area contributed by atoms with E-state index in [9.17, 15) is 27.8 Å². The molecule has 3 heterocycles. The zero-order chi connectivity index (χ0) is 18.5. The molecule has 0 radical (unpaired) electrons. The highest BCUT2D eigenvalue weighted by Gasteiger charge is 2.39. The van der Waals surface area contributed by atoms with Gasteiger partial charge in [-0.25, -0.2) is 9.97 Å². The van der Waals surface area contributed by atoms with Gasteiger partial charge in [-0.15, -0.1) is 0 Å². The van der Waals surface area contributed by atoms with Gasteiger partial charge in [0.2, 0.25) is 11.6 Å². The van der Waals surface area contributed by atoms with E-state index in [-0.39, 0.29) is 21.5 Å². The van der Waals surface area contributed by atoms with Gasteiger partial charge in [-0.05, 0) is 6.07 Å². The van der Waals surface area contributed by atoms with Crippen molar-refractivity contribution in [3.8, 4) is 0 Å². The van der Waals surface area contributed by atoms with Crippen molar-refractivity contribution in [1.29, 1.82) is 0 Å². The van der Waals surface area contributed by atoms with E-state index in [1.54, 1.807) is 0 Å². The van der Waals surface area contributed by atoms with Crippen LogP contribution in [-0.4, -0.2) is 43.0 Å². The maximum absolute atomic E-state index is 13.6. The third-order valence-electron chi connectivity index (χ3n) is 3.51. The summed E-state index contributed by atoms with van der Waals surface area (Å²) in [6, 6.07) is 1.09. The first-order chi connectivity index (χ1) is 11.6. The smallest absolute Gasteiger partial charge is 0.438 e. The third-order valence-corrected chi connectivity index (χ3v) is 3.84. The first-order valence-corrected chi connectivity index (χ1v) is 7.09. The van der Waals surface area contributed by atoms with E-state index in [0.29, 0.717) is 0 Å². The number of H-pyrrole nitrogens is 1. The lowest BCUT2D eigenvalue weighted by Crippen LogP contribution is -2.18. The highest BCUT2D eigenvalue weighted by molar-refractivity contribution is 7.71. The topological polar surface area (TPSA) is 111 Å². The van der Waals surface area contributed by atoms with Crippen molar-refractivity contribution in [3.05, 3.63) is 39.4 Å². The Hall–Kier alpha value is -2.31. The van der Waals surface area contributed by atoms with Gasteiger partial charge in [0.25, 0.3) is 0 Å². The van der Waals surface area contributed by atoms with Crippen LogP contribution in [0.2, 0.25) is 0 Å². The summed E-state index contributed by atoms with van der Waals surface area (Å²) in [7, 11) is 0. The monoisotopic (exact) mass is 379 g/mol. The van der Waals surface area contributed by atoms with Gasteiger partial charge in [-0.1, -0.05) is 12.2 Å². The van der Waals surface area contributed by atoms with E-state index in [4.69, 9.17) is 22.1 Å². The Morgan fingerprint density at radius 1 is 1.32 bits per heavy atom. The Morgan fingerprint density at radius 2 is 2.00 bits per heavy atom. The maximum atomic E-state index is 13.6. The van der Waals surface area contributed by atoms with Crippen LogP contribution in [-0.2, 0) is 10.9 Å². The standard InChI is InChI=1S/C13H9F4N3O4S/c14-10-9(13(15,16)17)19-11-4(18-10)1-3(12(25)20-11)8-7(23)6(22)5(2-21)24-8/h1,7-8,21-23H,2H2,(H,19,20,25)/t7?,8-/m0/s1. The number of nitrogens with one attached hydrogen (secondary N) is 1. The summed E-state index contributed by atoms with van der Waals surface area (Å²) < 4.78 is 56.7. The van der Waals surface area contributed by atoms with E-state index in [0.717, 1.165) is 6.07 Å². The molecule has 0 amide bonds. The van der Waals surface area contributed by atoms with Crippen molar-refractivity contribution in [2.45, 2.75) is 18.4 Å². The number of aromatic amines is 1. The molecule has 0 saturated heterocycles. The number of aliphatic hydroxyl groups excluding tert-OH is 3. The van der Waals surface area contributed by atoms with Gasteiger partial charge in [0, 0.05) is 5.56 Å². The summed E-state index contributed by atoms with van der Waals surface area (Å²) in [6.45, 7) is -0.688. The summed E-state index contributed by atoms with van der Waals surface area (Å²) in [5.41, 5.74) is -2.47. The number of nitrogens with zero attached hydrogens (tertiary/aromatic N) is 2. The van der Waals surface area contributed by atoms with Crippen molar-refractivity contribution in [2.24, 2.45) is 0 Å². The van der Waals surface area contributed by atoms with Crippen LogP contribution in [0.5, 0.6) is 0 Å². The second-order valence-corrected chi connectivity index (χ2v) is 5.51. The van der Waals surface area contributed by atoms with Gasteiger partial charge >= 0.3 is 6.18 Å². The Kier molecular flexibility index (Phi) is 4.13. The molecule has 25 heavy (non-hydrogen) atoms. The molecule has 0 aliphatic carbocycles. The number of hydrogen-bond acceptors (Lipinski definition) is 7. The van der Waals surface area contributed by atoms with E-state index < -0.39 is 48.0 Å². The summed E-state index contributed by atoms with van der Waals surface area (Å²) in [5, 5.41) is 28.6. The largest absolute Gasteiger partial charge is 0.506 e. The Morgan fingerprint density at radius 3 is 2.56 bits per heavy atom. The lowest BCUT2D eigenvalue weighted by atomic mass is 10.1. The molecule has 12 heteroatoms. The number of aromatic nitrogens is 3. The SMILES string of the molecule is OCC1=C(O)C(O)[C@H](c2cc3nc(F)c(C(F)(F)F)nc3[nH]c2=S)O1. The zero-order valence-electron chi connectivity index (χ0n) is 12.0. The van der Waals surface area contributed by atoms with Crippen molar-refractivity contribution >= 4 is 23.4 Å². The average molecular weight is 379 g/mol. The predicted molar refractivity (Wildman–Crippen MR) is 76.3 cm³/mol. The number of halogens is 4. The van der Waals surface area contributed by atoms with Gasteiger partial charge in [0.15, 0.2) is 29.4 Å². The van der Waals surface area contributed by atoms with Crippen molar-refractivity contribution in [2.75, 3.05) is 6.61 Å². The van der Waals surface area contributed by atoms with Crippen LogP contribution in [0.15, 0.2) is 17.6 Å². The van der Waals surface area contributed by atoms with Crippen molar-refractivity contribution in [3.63, 3.8) is 0 Å². The number of hydrogen-bond donors (Lipinski definition) is 4. The molecule has 134 valence electrons. The highest BCUT2D eigenvalue weighted by atomic mass is 32.1. The van der Waals surface area contributed by atoms with Crippen LogP contribution in [0, 0.1) is 10.6 Å². The Bertz CT molecular complexity index is 943. The zero-order valence-corrected chi connectivity index (χ0v) is 12.8. The molecule has 2 atom stereocenters. The second-order valence-electron chi connectivity index (χ2n) is 5.10. The van der Waals surface area contributed by atoms with Crippen molar-refractivity contribution < 1.29 is 37.6 Å². The maximum Gasteiger partial charge on any atom is 0.438 e. The molecule has 1 unspecified atom stereocenters. The van der Waals surface area contributed by atoms with E-state index in [2.05, 4.69) is 15.0 Å². The fourth-order valence-electron chi connectivity index (χ4n) is 2.34. The van der Waals surface area contributed by atoms with Crippen LogP contribution in [0.25, 0.3) is 11.2 Å². The lowest BCUT2D eigenvalue weighted by molar-refractivity contribution is -0.143. The number of pyridine rings is 1. The minimum atomic E-state index is -5.03. The average Bonchev–Trinajstić information content (AvgIpc) is 2.81. The van der Waals surface area contributed by atoms with Crippen LogP contribution < -0.4 is 0 Å². The quantitative estimate of drug-likeness (QED) is 0.467. The van der Waals surface area contributed by atoms with Crippen LogP contribution in [0.1, 0.15) is 17.4 Å². The molecule has 3 rings (SSSR count). The molecule has 0 saturated carbocycles. The molecule has 2 aromatic heterocycles. The van der Waals surface area contributed by atoms with E-state index in [1.165, 1.54) is 0 Å². The first kappa shape index (κ1) is 17.5. The minimum Gasteiger partial charge on any atom is -0.506 e. The molecular formula is C13H9F4N3O4S. The van der Waals surface area contributed by atoms with Crippen LogP contribution in [0.4, 0.5) is 17.6 Å². The molecule has 7 nitrogen and oxygen atoms in total. The van der Waals surface area contributed by atoms with Gasteiger partial charge in [0.1, 0.15) is 16.8 Å². The molecule has 2 aromatic rings. The third kappa shape index (κ3) is 2.92. The van der Waals surface area contributed by atoms with Gasteiger partial charge < -0.3 is 25.0 Å². The molecule has 0 fully saturated rings. The van der Waals surface area contributed by atoms with Crippen molar-refractivity contribution in [1.82, 2.24) is 15.0 Å². The molecule has 1 aliphatic rings. The fraction of sp³-hybridized carbons (Fsp3) is 0.308. The molecular weight excluding hydrogens is 370 g/mol. The molecule has 0 bridgehead atoms. The number of rotatable bonds is 2. The number of fused-ring (bicyclic) bond motifs is 1. The Labute approximate surface area is 141 Å². The number of aliphatic hydroxyl groups is 3. The number of ether oxygens (including phenoxy) is 1. The lowest BCUT2D eigenvalue weighted by Gasteiger charge is -2.16. The van der Waals surface area contributed by atoms with E-state index in [1.807, 2.05) is 0 Å². The highest BCUT2D eigenvalue weighted by Crippen LogP contribution is 2.36. The summed E-state index contributed by atoms with van der Waals surface area (Å²) in [4.78, 5) is 8.72. The Balaban J connectivity index is 2.11. The molecule has 1 aliphatic heterocycles. The molecule has 4 N–H and O–H groups in total. The fourth-order valence-corrected chi connectivity index (χ4v) is 2.61. The minimum absolute atomic E-state index is 0.0264. The van der Waals surface area contributed by atoms with E-state index >= 15 is 0 Å². The summed E-state index contributed by atoms with van der Waals surface area (Å²) in [5.74, 6) is -2.70. The second kappa shape index (κ2) is 5.89. The van der Waals surface area contributed by atoms with Gasteiger partial charge in [0.05, 0.1) is 0 Å². The molecule has 0 spiro atoms. The first-order valence-electron chi connectivity index (χ1n) is 6.68. The van der Waals surface area contributed by atoms with Crippen LogP contribution in [0.3, 0.4) is 0 Å².